The van der Waals surface area contributed by atoms with Gasteiger partial charge in [0.05, 0.1) is 0 Å². The highest BCUT2D eigenvalue weighted by molar-refractivity contribution is 7.80. The van der Waals surface area contributed by atoms with Gasteiger partial charge in [-0.25, -0.2) is 0 Å². The average molecular weight is 140 g/mol. The van der Waals surface area contributed by atoms with Crippen LogP contribution in [0.3, 0.4) is 0 Å². The van der Waals surface area contributed by atoms with E-state index in [1.165, 1.54) is 0 Å². The zero-order valence-corrected chi connectivity index (χ0v) is 6.02. The average Bonchev–Trinajstić information content (AvgIpc) is 1.83. The topological polar surface area (TPSA) is 20.2 Å². The van der Waals surface area contributed by atoms with E-state index in [0.29, 0.717) is 4.90 Å². The Morgan fingerprint density at radius 3 is 2.56 bits per heavy atom. The minimum absolute atomic E-state index is 0.279. The van der Waals surface area contributed by atoms with Crippen molar-refractivity contribution >= 4 is 12.6 Å². The number of benzene rings is 1. The SMILES string of the molecule is Cc1cccc(S)c1O. The lowest BCUT2D eigenvalue weighted by molar-refractivity contribution is 0.458. The maximum Gasteiger partial charge on any atom is 0.131 e. The number of phenols is 1. The van der Waals surface area contributed by atoms with E-state index in [2.05, 4.69) is 12.6 Å². The summed E-state index contributed by atoms with van der Waals surface area (Å²) in [6.45, 7) is 1.84. The van der Waals surface area contributed by atoms with Crippen LogP contribution in [0.1, 0.15) is 5.56 Å². The van der Waals surface area contributed by atoms with Crippen LogP contribution in [0.15, 0.2) is 23.1 Å². The molecule has 0 bridgehead atoms. The highest BCUT2D eigenvalue weighted by atomic mass is 32.1. The molecule has 0 fully saturated rings. The molecule has 48 valence electrons. The summed E-state index contributed by atoms with van der Waals surface area (Å²) in [4.78, 5) is 0.634. The highest BCUT2D eigenvalue weighted by Crippen LogP contribution is 2.23. The largest absolute Gasteiger partial charge is 0.507 e. The lowest BCUT2D eigenvalue weighted by atomic mass is 10.2. The molecular weight excluding hydrogens is 132 g/mol. The van der Waals surface area contributed by atoms with E-state index < -0.39 is 0 Å². The summed E-state index contributed by atoms with van der Waals surface area (Å²) in [6, 6.07) is 5.46. The number of thiol groups is 1. The van der Waals surface area contributed by atoms with Crippen LogP contribution < -0.4 is 0 Å². The molecule has 1 nitrogen and oxygen atoms in total. The second-order valence-corrected chi connectivity index (χ2v) is 2.42. The molecule has 1 aromatic carbocycles. The van der Waals surface area contributed by atoms with Gasteiger partial charge in [-0.2, -0.15) is 0 Å². The van der Waals surface area contributed by atoms with Gasteiger partial charge in [0.1, 0.15) is 5.75 Å². The van der Waals surface area contributed by atoms with E-state index in [1.54, 1.807) is 6.07 Å². The maximum absolute atomic E-state index is 9.13. The number of hydrogen-bond acceptors (Lipinski definition) is 2. The quantitative estimate of drug-likeness (QED) is 0.528. The van der Waals surface area contributed by atoms with Crippen molar-refractivity contribution in [2.24, 2.45) is 0 Å². The Kier molecular flexibility index (Phi) is 1.67. The Hall–Kier alpha value is -0.630. The van der Waals surface area contributed by atoms with E-state index in [0.717, 1.165) is 5.56 Å². The van der Waals surface area contributed by atoms with Gasteiger partial charge in [0.15, 0.2) is 0 Å². The molecule has 0 radical (unpaired) electrons. The van der Waals surface area contributed by atoms with Gasteiger partial charge in [-0.05, 0) is 18.6 Å². The Morgan fingerprint density at radius 2 is 2.11 bits per heavy atom. The molecule has 1 aromatic rings. The number of phenolic OH excluding ortho intramolecular Hbond substituents is 1. The van der Waals surface area contributed by atoms with Crippen molar-refractivity contribution in [1.29, 1.82) is 0 Å². The Morgan fingerprint density at radius 1 is 1.44 bits per heavy atom. The fourth-order valence-corrected chi connectivity index (χ4v) is 0.906. The number of aryl methyl sites for hydroxylation is 1. The normalized spacial score (nSPS) is 9.56. The molecule has 0 aliphatic carbocycles. The van der Waals surface area contributed by atoms with Crippen molar-refractivity contribution in [3.63, 3.8) is 0 Å². The fraction of sp³-hybridized carbons (Fsp3) is 0.143. The molecule has 0 unspecified atom stereocenters. The Bertz CT molecular complexity index is 200. The molecule has 0 aliphatic rings. The van der Waals surface area contributed by atoms with Gasteiger partial charge in [-0.1, -0.05) is 12.1 Å². The first kappa shape index (κ1) is 6.49. The third-order valence-corrected chi connectivity index (χ3v) is 1.58. The van der Waals surface area contributed by atoms with E-state index in [1.807, 2.05) is 19.1 Å². The zero-order valence-electron chi connectivity index (χ0n) is 5.13. The molecule has 0 amide bonds. The molecule has 0 saturated heterocycles. The van der Waals surface area contributed by atoms with Crippen LogP contribution in [0.5, 0.6) is 5.75 Å². The van der Waals surface area contributed by atoms with E-state index in [-0.39, 0.29) is 5.75 Å². The lowest BCUT2D eigenvalue weighted by Gasteiger charge is -1.98. The summed E-state index contributed by atoms with van der Waals surface area (Å²) in [5.41, 5.74) is 0.863. The van der Waals surface area contributed by atoms with Crippen LogP contribution in [0, 0.1) is 6.92 Å². The predicted octanol–water partition coefficient (Wildman–Crippen LogP) is 1.99. The predicted molar refractivity (Wildman–Crippen MR) is 40.1 cm³/mol. The molecule has 0 heterocycles. The van der Waals surface area contributed by atoms with E-state index in [9.17, 15) is 0 Å². The molecule has 0 aromatic heterocycles. The van der Waals surface area contributed by atoms with E-state index >= 15 is 0 Å². The van der Waals surface area contributed by atoms with Gasteiger partial charge < -0.3 is 5.11 Å². The van der Waals surface area contributed by atoms with Gasteiger partial charge in [0, 0.05) is 4.90 Å². The summed E-state index contributed by atoms with van der Waals surface area (Å²) in [6.07, 6.45) is 0. The van der Waals surface area contributed by atoms with Crippen LogP contribution in [0.2, 0.25) is 0 Å². The summed E-state index contributed by atoms with van der Waals surface area (Å²) < 4.78 is 0. The first-order valence-electron chi connectivity index (χ1n) is 2.69. The summed E-state index contributed by atoms with van der Waals surface area (Å²) in [5.74, 6) is 0.279. The van der Waals surface area contributed by atoms with Crippen molar-refractivity contribution in [2.75, 3.05) is 0 Å². The van der Waals surface area contributed by atoms with Crippen molar-refractivity contribution in [1.82, 2.24) is 0 Å². The van der Waals surface area contributed by atoms with E-state index in [4.69, 9.17) is 5.11 Å². The molecule has 0 saturated carbocycles. The molecule has 1 N–H and O–H groups in total. The number of para-hydroxylation sites is 1. The van der Waals surface area contributed by atoms with Crippen LogP contribution in [0.4, 0.5) is 0 Å². The third-order valence-electron chi connectivity index (χ3n) is 1.22. The highest BCUT2D eigenvalue weighted by Gasteiger charge is 1.96. The Labute approximate surface area is 59.7 Å². The molecule has 0 atom stereocenters. The number of aromatic hydroxyl groups is 1. The van der Waals surface area contributed by atoms with Crippen LogP contribution in [-0.4, -0.2) is 5.11 Å². The first-order valence-corrected chi connectivity index (χ1v) is 3.14. The van der Waals surface area contributed by atoms with Crippen LogP contribution in [0.25, 0.3) is 0 Å². The summed E-state index contributed by atoms with van der Waals surface area (Å²) in [5, 5.41) is 9.13. The molecule has 2 heteroatoms. The fourth-order valence-electron chi connectivity index (χ4n) is 0.643. The first-order chi connectivity index (χ1) is 4.22. The summed E-state index contributed by atoms with van der Waals surface area (Å²) >= 11 is 4.02. The second-order valence-electron chi connectivity index (χ2n) is 1.94. The Balaban J connectivity index is 3.25. The number of rotatable bonds is 0. The van der Waals surface area contributed by atoms with Gasteiger partial charge in [0.25, 0.3) is 0 Å². The zero-order chi connectivity index (χ0) is 6.85. The van der Waals surface area contributed by atoms with Gasteiger partial charge >= 0.3 is 0 Å². The lowest BCUT2D eigenvalue weighted by Crippen LogP contribution is -1.73. The minimum Gasteiger partial charge on any atom is -0.507 e. The van der Waals surface area contributed by atoms with Crippen molar-refractivity contribution in [3.8, 4) is 5.75 Å². The third kappa shape index (κ3) is 1.19. The monoisotopic (exact) mass is 140 g/mol. The molecule has 0 aliphatic heterocycles. The minimum atomic E-state index is 0.279. The maximum atomic E-state index is 9.13. The molecule has 0 spiro atoms. The van der Waals surface area contributed by atoms with Gasteiger partial charge in [-0.15, -0.1) is 12.6 Å². The summed E-state index contributed by atoms with van der Waals surface area (Å²) in [7, 11) is 0. The second kappa shape index (κ2) is 2.31. The van der Waals surface area contributed by atoms with Gasteiger partial charge in [0.2, 0.25) is 0 Å². The number of hydrogen-bond donors (Lipinski definition) is 2. The smallest absolute Gasteiger partial charge is 0.131 e. The van der Waals surface area contributed by atoms with Crippen molar-refractivity contribution in [3.05, 3.63) is 23.8 Å². The molecule has 9 heavy (non-hydrogen) atoms. The standard InChI is InChI=1S/C7H8OS/c1-5-3-2-4-6(9)7(5)8/h2-4,8-9H,1H3. The van der Waals surface area contributed by atoms with Crippen molar-refractivity contribution < 1.29 is 5.11 Å². The van der Waals surface area contributed by atoms with Crippen molar-refractivity contribution in [2.45, 2.75) is 11.8 Å². The van der Waals surface area contributed by atoms with Crippen LogP contribution in [-0.2, 0) is 0 Å². The molecular formula is C7H8OS. The molecule has 1 rings (SSSR count). The van der Waals surface area contributed by atoms with Gasteiger partial charge in [-0.3, -0.25) is 0 Å². The van der Waals surface area contributed by atoms with Crippen LogP contribution >= 0.6 is 12.6 Å².